The van der Waals surface area contributed by atoms with E-state index in [4.69, 9.17) is 10.5 Å². The van der Waals surface area contributed by atoms with Crippen LogP contribution in [0.25, 0.3) is 0 Å². The van der Waals surface area contributed by atoms with Gasteiger partial charge < -0.3 is 10.5 Å². The molecule has 15 heavy (non-hydrogen) atoms. The van der Waals surface area contributed by atoms with E-state index in [0.29, 0.717) is 12.0 Å². The maximum absolute atomic E-state index is 5.89. The molecule has 2 fully saturated rings. The van der Waals surface area contributed by atoms with Crippen molar-refractivity contribution >= 4 is 5.84 Å². The molecule has 0 bridgehead atoms. The van der Waals surface area contributed by atoms with Crippen LogP contribution in [0.2, 0.25) is 0 Å². The molecule has 4 heteroatoms. The molecule has 4 nitrogen and oxygen atoms in total. The monoisotopic (exact) mass is 211 g/mol. The second-order valence-electron chi connectivity index (χ2n) is 4.59. The Balaban J connectivity index is 1.75. The van der Waals surface area contributed by atoms with Crippen LogP contribution in [-0.2, 0) is 4.74 Å². The summed E-state index contributed by atoms with van der Waals surface area (Å²) in [5.41, 5.74) is 5.89. The number of nitrogens with zero attached hydrogens (tertiary/aromatic N) is 2. The molecule has 0 radical (unpaired) electrons. The molecule has 1 aliphatic carbocycles. The predicted molar refractivity (Wildman–Crippen MR) is 61.1 cm³/mol. The van der Waals surface area contributed by atoms with Crippen LogP contribution in [0.1, 0.15) is 19.8 Å². The molecule has 0 amide bonds. The first-order chi connectivity index (χ1) is 7.25. The lowest BCUT2D eigenvalue weighted by molar-refractivity contribution is 0.0361. The molecule has 1 unspecified atom stereocenters. The molecule has 0 aromatic carbocycles. The zero-order valence-corrected chi connectivity index (χ0v) is 9.48. The third-order valence-corrected chi connectivity index (χ3v) is 2.99. The average molecular weight is 211 g/mol. The van der Waals surface area contributed by atoms with Gasteiger partial charge >= 0.3 is 0 Å². The summed E-state index contributed by atoms with van der Waals surface area (Å²) in [5.74, 6) is 1.47. The van der Waals surface area contributed by atoms with Crippen molar-refractivity contribution in [3.05, 3.63) is 0 Å². The summed E-state index contributed by atoms with van der Waals surface area (Å²) >= 11 is 0. The molecule has 2 N–H and O–H groups in total. The molecule has 0 aromatic rings. The van der Waals surface area contributed by atoms with Crippen LogP contribution >= 0.6 is 0 Å². The topological polar surface area (TPSA) is 50.8 Å². The second kappa shape index (κ2) is 4.94. The number of amidine groups is 1. The van der Waals surface area contributed by atoms with Crippen molar-refractivity contribution < 1.29 is 4.74 Å². The van der Waals surface area contributed by atoms with E-state index in [9.17, 15) is 0 Å². The molecule has 0 spiro atoms. The largest absolute Gasteiger partial charge is 0.387 e. The first-order valence-corrected chi connectivity index (χ1v) is 5.89. The van der Waals surface area contributed by atoms with Gasteiger partial charge in [-0.1, -0.05) is 0 Å². The first kappa shape index (κ1) is 10.9. The summed E-state index contributed by atoms with van der Waals surface area (Å²) < 4.78 is 5.31. The minimum atomic E-state index is 0.323. The van der Waals surface area contributed by atoms with Gasteiger partial charge in [0.15, 0.2) is 0 Å². The van der Waals surface area contributed by atoms with Gasteiger partial charge in [-0.25, -0.2) is 0 Å². The van der Waals surface area contributed by atoms with Gasteiger partial charge in [0.25, 0.3) is 0 Å². The van der Waals surface area contributed by atoms with Gasteiger partial charge in [-0.05, 0) is 19.8 Å². The molecule has 1 aliphatic heterocycles. The van der Waals surface area contributed by atoms with Gasteiger partial charge in [-0.15, -0.1) is 0 Å². The number of nitrogens with two attached hydrogens (primary N) is 1. The van der Waals surface area contributed by atoms with Crippen LogP contribution in [0.3, 0.4) is 0 Å². The maximum atomic E-state index is 5.89. The van der Waals surface area contributed by atoms with Crippen LogP contribution in [0.4, 0.5) is 0 Å². The van der Waals surface area contributed by atoms with Crippen LogP contribution in [0.5, 0.6) is 0 Å². The Morgan fingerprint density at radius 3 is 2.73 bits per heavy atom. The number of aliphatic imine (C=N–C) groups is 1. The first-order valence-electron chi connectivity index (χ1n) is 5.89. The van der Waals surface area contributed by atoms with Gasteiger partial charge in [0, 0.05) is 25.6 Å². The lowest BCUT2D eigenvalue weighted by Crippen LogP contribution is -2.40. The Hall–Kier alpha value is -0.610. The summed E-state index contributed by atoms with van der Waals surface area (Å²) in [6.07, 6.45) is 2.47. The number of morpholine rings is 1. The van der Waals surface area contributed by atoms with E-state index in [-0.39, 0.29) is 0 Å². The minimum Gasteiger partial charge on any atom is -0.387 e. The molecule has 86 valence electrons. The van der Waals surface area contributed by atoms with E-state index in [0.717, 1.165) is 38.7 Å². The van der Waals surface area contributed by atoms with Crippen LogP contribution in [-0.4, -0.2) is 49.6 Å². The number of rotatable bonds is 4. The Morgan fingerprint density at radius 2 is 2.13 bits per heavy atom. The Labute approximate surface area is 91.5 Å². The summed E-state index contributed by atoms with van der Waals surface area (Å²) in [6.45, 7) is 6.93. The highest BCUT2D eigenvalue weighted by Crippen LogP contribution is 2.29. The van der Waals surface area contributed by atoms with Gasteiger partial charge in [0.1, 0.15) is 0 Å². The van der Waals surface area contributed by atoms with E-state index in [1.54, 1.807) is 0 Å². The van der Waals surface area contributed by atoms with E-state index < -0.39 is 0 Å². The van der Waals surface area contributed by atoms with Gasteiger partial charge in [-0.2, -0.15) is 0 Å². The second-order valence-corrected chi connectivity index (χ2v) is 4.59. The Morgan fingerprint density at radius 1 is 1.47 bits per heavy atom. The Kier molecular flexibility index (Phi) is 3.59. The molecular weight excluding hydrogens is 190 g/mol. The summed E-state index contributed by atoms with van der Waals surface area (Å²) in [5, 5.41) is 0. The molecule has 0 aromatic heterocycles. The molecule has 2 rings (SSSR count). The fourth-order valence-electron chi connectivity index (χ4n) is 1.94. The molecular formula is C11H21N3O. The fourth-order valence-corrected chi connectivity index (χ4v) is 1.94. The number of hydrogen-bond donors (Lipinski definition) is 1. The predicted octanol–water partition coefficient (Wildman–Crippen LogP) is 0.474. The molecule has 2 aliphatic rings. The maximum Gasteiger partial charge on any atom is 0.0972 e. The quantitative estimate of drug-likeness (QED) is 0.543. The lowest BCUT2D eigenvalue weighted by atomic mass is 10.3. The van der Waals surface area contributed by atoms with Crippen molar-refractivity contribution in [3.8, 4) is 0 Å². The molecule has 1 heterocycles. The summed E-state index contributed by atoms with van der Waals surface area (Å²) in [6, 6.07) is 0.323. The van der Waals surface area contributed by atoms with Crippen molar-refractivity contribution in [2.45, 2.75) is 25.8 Å². The van der Waals surface area contributed by atoms with Crippen LogP contribution < -0.4 is 5.73 Å². The standard InChI is InChI=1S/C11H21N3O/c1-9(13-11(12)10-2-3-10)8-14-4-6-15-7-5-14/h9-10H,2-8H2,1H3,(H2,12,13). The summed E-state index contributed by atoms with van der Waals surface area (Å²) in [7, 11) is 0. The highest BCUT2D eigenvalue weighted by molar-refractivity contribution is 5.85. The van der Waals surface area contributed by atoms with Gasteiger partial charge in [0.05, 0.1) is 25.1 Å². The van der Waals surface area contributed by atoms with E-state index in [1.165, 1.54) is 12.8 Å². The van der Waals surface area contributed by atoms with Gasteiger partial charge in [0.2, 0.25) is 0 Å². The van der Waals surface area contributed by atoms with Crippen LogP contribution in [0, 0.1) is 5.92 Å². The lowest BCUT2D eigenvalue weighted by Gasteiger charge is -2.28. The average Bonchev–Trinajstić information content (AvgIpc) is 3.01. The van der Waals surface area contributed by atoms with Crippen molar-refractivity contribution in [3.63, 3.8) is 0 Å². The number of hydrogen-bond acceptors (Lipinski definition) is 3. The normalized spacial score (nSPS) is 26.6. The zero-order chi connectivity index (χ0) is 10.7. The third kappa shape index (κ3) is 3.47. The molecule has 1 atom stereocenters. The highest BCUT2D eigenvalue weighted by Gasteiger charge is 2.26. The SMILES string of the molecule is CC(CN1CCOCC1)N=C(N)C1CC1. The third-order valence-electron chi connectivity index (χ3n) is 2.99. The summed E-state index contributed by atoms with van der Waals surface area (Å²) in [4.78, 5) is 6.95. The van der Waals surface area contributed by atoms with E-state index in [1.807, 2.05) is 0 Å². The highest BCUT2D eigenvalue weighted by atomic mass is 16.5. The smallest absolute Gasteiger partial charge is 0.0972 e. The minimum absolute atomic E-state index is 0.323. The van der Waals surface area contributed by atoms with E-state index >= 15 is 0 Å². The van der Waals surface area contributed by atoms with Crippen molar-refractivity contribution in [2.75, 3.05) is 32.8 Å². The van der Waals surface area contributed by atoms with Crippen molar-refractivity contribution in [1.29, 1.82) is 0 Å². The van der Waals surface area contributed by atoms with Crippen LogP contribution in [0.15, 0.2) is 4.99 Å². The molecule has 1 saturated carbocycles. The fraction of sp³-hybridized carbons (Fsp3) is 0.909. The van der Waals surface area contributed by atoms with Crippen molar-refractivity contribution in [1.82, 2.24) is 4.90 Å². The van der Waals surface area contributed by atoms with Gasteiger partial charge in [-0.3, -0.25) is 9.89 Å². The molecule has 1 saturated heterocycles. The van der Waals surface area contributed by atoms with E-state index in [2.05, 4.69) is 16.8 Å². The van der Waals surface area contributed by atoms with Crippen molar-refractivity contribution in [2.24, 2.45) is 16.6 Å². The number of ether oxygens (including phenoxy) is 1. The zero-order valence-electron chi connectivity index (χ0n) is 9.48. The Bertz CT molecular complexity index is 232.